The number of rotatable bonds is 7. The van der Waals surface area contributed by atoms with E-state index in [1.165, 1.54) is 23.0 Å². The van der Waals surface area contributed by atoms with Crippen molar-refractivity contribution in [2.45, 2.75) is 6.54 Å². The van der Waals surface area contributed by atoms with Crippen molar-refractivity contribution in [3.63, 3.8) is 0 Å². The van der Waals surface area contributed by atoms with Gasteiger partial charge in [-0.05, 0) is 17.0 Å². The molecule has 1 amide bonds. The minimum absolute atomic E-state index is 0.133. The van der Waals surface area contributed by atoms with E-state index < -0.39 is 11.2 Å². The number of aromatic nitrogens is 4. The van der Waals surface area contributed by atoms with Crippen LogP contribution in [0.2, 0.25) is 0 Å². The molecular weight excluding hydrogens is 416 g/mol. The number of thiophene rings is 1. The van der Waals surface area contributed by atoms with Crippen LogP contribution in [0.3, 0.4) is 0 Å². The Morgan fingerprint density at radius 3 is 2.52 bits per heavy atom. The third-order valence-corrected chi connectivity index (χ3v) is 5.84. The number of amides is 1. The summed E-state index contributed by atoms with van der Waals surface area (Å²) >= 11 is 1.38. The largest absolute Gasteiger partial charge is 0.354 e. The first-order valence-corrected chi connectivity index (χ1v) is 10.6. The van der Waals surface area contributed by atoms with Crippen molar-refractivity contribution in [2.24, 2.45) is 14.1 Å². The van der Waals surface area contributed by atoms with Gasteiger partial charge >= 0.3 is 5.69 Å². The summed E-state index contributed by atoms with van der Waals surface area (Å²) in [4.78, 5) is 42.5. The molecule has 0 atom stereocenters. The monoisotopic (exact) mass is 438 g/mol. The van der Waals surface area contributed by atoms with Crippen molar-refractivity contribution in [1.29, 1.82) is 0 Å². The van der Waals surface area contributed by atoms with Crippen molar-refractivity contribution < 1.29 is 4.79 Å². The van der Waals surface area contributed by atoms with Crippen molar-refractivity contribution >= 4 is 34.4 Å². The molecule has 10 heteroatoms. The highest BCUT2D eigenvalue weighted by Gasteiger charge is 2.19. The van der Waals surface area contributed by atoms with Crippen LogP contribution in [0.5, 0.6) is 0 Å². The molecule has 0 aliphatic heterocycles. The summed E-state index contributed by atoms with van der Waals surface area (Å²) < 4.78 is 4.21. The lowest BCUT2D eigenvalue weighted by atomic mass is 10.2. The molecule has 0 saturated carbocycles. The lowest BCUT2D eigenvalue weighted by Crippen LogP contribution is -2.37. The topological polar surface area (TPSA) is 103 Å². The van der Waals surface area contributed by atoms with Gasteiger partial charge in [0.05, 0.1) is 11.4 Å². The molecule has 0 aliphatic rings. The maximum absolute atomic E-state index is 12.9. The Balaban J connectivity index is 1.63. The predicted octanol–water partition coefficient (Wildman–Crippen LogP) is 1.39. The van der Waals surface area contributed by atoms with Crippen LogP contribution in [0, 0.1) is 0 Å². The van der Waals surface area contributed by atoms with Gasteiger partial charge in [0.25, 0.3) is 11.5 Å². The van der Waals surface area contributed by atoms with E-state index in [1.807, 2.05) is 41.8 Å². The van der Waals surface area contributed by atoms with Gasteiger partial charge < -0.3 is 10.6 Å². The van der Waals surface area contributed by atoms with Crippen LogP contribution in [-0.4, -0.2) is 37.7 Å². The summed E-state index contributed by atoms with van der Waals surface area (Å²) in [7, 11) is 3.05. The Labute approximate surface area is 181 Å². The summed E-state index contributed by atoms with van der Waals surface area (Å²) in [6.45, 7) is 1.19. The zero-order chi connectivity index (χ0) is 22.0. The molecule has 0 bridgehead atoms. The average molecular weight is 439 g/mol. The number of carbonyl (C=O) groups is 1. The molecule has 0 spiro atoms. The molecule has 160 valence electrons. The van der Waals surface area contributed by atoms with Gasteiger partial charge in [-0.2, -0.15) is 4.98 Å². The van der Waals surface area contributed by atoms with E-state index in [-0.39, 0.29) is 5.91 Å². The van der Waals surface area contributed by atoms with Crippen LogP contribution in [-0.2, 0) is 20.6 Å². The molecule has 31 heavy (non-hydrogen) atoms. The Morgan fingerprint density at radius 2 is 1.81 bits per heavy atom. The second-order valence-electron chi connectivity index (χ2n) is 7.05. The number of hydrogen-bond donors (Lipinski definition) is 2. The third-order valence-electron chi connectivity index (χ3n) is 4.97. The lowest BCUT2D eigenvalue weighted by Gasteiger charge is -2.11. The van der Waals surface area contributed by atoms with Crippen LogP contribution in [0.1, 0.15) is 15.2 Å². The normalized spacial score (nSPS) is 11.0. The quantitative estimate of drug-likeness (QED) is 0.425. The van der Waals surface area contributed by atoms with Gasteiger partial charge in [-0.3, -0.25) is 23.3 Å². The predicted molar refractivity (Wildman–Crippen MR) is 121 cm³/mol. The standard InChI is InChI=1S/C21H22N6O3S/c1-25-17-16(19(29)26(2)21(25)30)27(13-14-7-4-3-5-8-14)20(24-17)23-11-10-22-18(28)15-9-6-12-31-15/h3-9,12H,10-11,13H2,1-2H3,(H,22,28)(H,23,24). The SMILES string of the molecule is Cn1c(=O)c2c(nc(NCCNC(=O)c3cccs3)n2Cc2ccccc2)n(C)c1=O. The zero-order valence-electron chi connectivity index (χ0n) is 17.2. The minimum atomic E-state index is -0.434. The number of fused-ring (bicyclic) bond motifs is 1. The van der Waals surface area contributed by atoms with Gasteiger partial charge in [-0.25, -0.2) is 4.79 Å². The molecule has 0 fully saturated rings. The van der Waals surface area contributed by atoms with Crippen LogP contribution < -0.4 is 21.9 Å². The fourth-order valence-corrected chi connectivity index (χ4v) is 3.99. The molecule has 2 N–H and O–H groups in total. The van der Waals surface area contributed by atoms with Crippen LogP contribution in [0.15, 0.2) is 57.4 Å². The summed E-state index contributed by atoms with van der Waals surface area (Å²) in [6, 6.07) is 13.3. The molecule has 0 unspecified atom stereocenters. The van der Waals surface area contributed by atoms with E-state index in [9.17, 15) is 14.4 Å². The second kappa shape index (κ2) is 8.60. The fraction of sp³-hybridized carbons (Fsp3) is 0.238. The smallest absolute Gasteiger partial charge is 0.332 e. The number of imidazole rings is 1. The van der Waals surface area contributed by atoms with Crippen LogP contribution >= 0.6 is 11.3 Å². The van der Waals surface area contributed by atoms with Crippen molar-refractivity contribution in [2.75, 3.05) is 18.4 Å². The van der Waals surface area contributed by atoms with Crippen molar-refractivity contribution in [3.8, 4) is 0 Å². The van der Waals surface area contributed by atoms with E-state index in [0.717, 1.165) is 10.1 Å². The van der Waals surface area contributed by atoms with Crippen LogP contribution in [0.4, 0.5) is 5.95 Å². The van der Waals surface area contributed by atoms with Gasteiger partial charge in [0.1, 0.15) is 0 Å². The van der Waals surface area contributed by atoms with Crippen LogP contribution in [0.25, 0.3) is 11.2 Å². The molecule has 3 heterocycles. The number of hydrogen-bond acceptors (Lipinski definition) is 6. The lowest BCUT2D eigenvalue weighted by molar-refractivity contribution is 0.0959. The second-order valence-corrected chi connectivity index (χ2v) is 7.99. The molecule has 0 aliphatic carbocycles. The molecule has 3 aromatic heterocycles. The fourth-order valence-electron chi connectivity index (χ4n) is 3.35. The van der Waals surface area contributed by atoms with Gasteiger partial charge in [-0.15, -0.1) is 11.3 Å². The molecule has 4 aromatic rings. The summed E-state index contributed by atoms with van der Waals surface area (Å²) in [6.07, 6.45) is 0. The zero-order valence-corrected chi connectivity index (χ0v) is 18.0. The third kappa shape index (κ3) is 4.02. The number of benzene rings is 1. The highest BCUT2D eigenvalue weighted by molar-refractivity contribution is 7.12. The van der Waals surface area contributed by atoms with Gasteiger partial charge in [0.2, 0.25) is 5.95 Å². The first kappa shape index (κ1) is 20.6. The average Bonchev–Trinajstić information content (AvgIpc) is 3.43. The highest BCUT2D eigenvalue weighted by Crippen LogP contribution is 2.17. The first-order chi connectivity index (χ1) is 15.0. The number of nitrogens with one attached hydrogen (secondary N) is 2. The van der Waals surface area contributed by atoms with E-state index in [2.05, 4.69) is 15.6 Å². The van der Waals surface area contributed by atoms with Gasteiger partial charge in [-0.1, -0.05) is 36.4 Å². The molecule has 0 radical (unpaired) electrons. The van der Waals surface area contributed by atoms with E-state index >= 15 is 0 Å². The van der Waals surface area contributed by atoms with Gasteiger partial charge in [0.15, 0.2) is 11.2 Å². The Bertz CT molecular complexity index is 1340. The van der Waals surface area contributed by atoms with E-state index in [1.54, 1.807) is 17.7 Å². The summed E-state index contributed by atoms with van der Waals surface area (Å²) in [5, 5.41) is 7.90. The van der Waals surface area contributed by atoms with E-state index in [0.29, 0.717) is 41.6 Å². The first-order valence-electron chi connectivity index (χ1n) is 9.73. The Kier molecular flexibility index (Phi) is 5.72. The Morgan fingerprint density at radius 1 is 1.03 bits per heavy atom. The Hall–Kier alpha value is -3.66. The maximum atomic E-state index is 12.9. The molecule has 0 saturated heterocycles. The van der Waals surface area contributed by atoms with Gasteiger partial charge in [0, 0.05) is 27.2 Å². The minimum Gasteiger partial charge on any atom is -0.354 e. The van der Waals surface area contributed by atoms with Crippen molar-refractivity contribution in [1.82, 2.24) is 24.0 Å². The summed E-state index contributed by atoms with van der Waals surface area (Å²) in [5.41, 5.74) is 0.816. The highest BCUT2D eigenvalue weighted by atomic mass is 32.1. The van der Waals surface area contributed by atoms with Crippen molar-refractivity contribution in [3.05, 3.63) is 79.1 Å². The molecule has 9 nitrogen and oxygen atoms in total. The van der Waals surface area contributed by atoms with E-state index in [4.69, 9.17) is 0 Å². The number of anilines is 1. The summed E-state index contributed by atoms with van der Waals surface area (Å²) in [5.74, 6) is 0.327. The molecule has 4 rings (SSSR count). The molecule has 1 aromatic carbocycles. The number of aryl methyl sites for hydroxylation is 1. The number of carbonyl (C=O) groups excluding carboxylic acids is 1. The number of nitrogens with zero attached hydrogens (tertiary/aromatic N) is 4. The maximum Gasteiger partial charge on any atom is 0.332 e. The molecular formula is C21H22N6O3S.